The average Bonchev–Trinajstić information content (AvgIpc) is 3.68. The third-order valence-corrected chi connectivity index (χ3v) is 9.11. The molecule has 0 spiro atoms. The number of pyridine rings is 1. The molecular formula is C28H35N3O4. The monoisotopic (exact) mass is 477 g/mol. The molecule has 7 nitrogen and oxygen atoms in total. The molecule has 7 heteroatoms. The van der Waals surface area contributed by atoms with Gasteiger partial charge in [0.15, 0.2) is 0 Å². The fourth-order valence-electron chi connectivity index (χ4n) is 7.05. The van der Waals surface area contributed by atoms with Crippen LogP contribution in [0.5, 0.6) is 11.6 Å². The Morgan fingerprint density at radius 3 is 2.74 bits per heavy atom. The number of phenols is 1. The number of likely N-dealkylation sites (tertiary alicyclic amines) is 2. The summed E-state index contributed by atoms with van der Waals surface area (Å²) in [6, 6.07) is 11.2. The van der Waals surface area contributed by atoms with Gasteiger partial charge in [0.05, 0.1) is 24.8 Å². The lowest BCUT2D eigenvalue weighted by Crippen LogP contribution is -2.71. The Labute approximate surface area is 206 Å². The van der Waals surface area contributed by atoms with Gasteiger partial charge in [0.2, 0.25) is 11.8 Å². The van der Waals surface area contributed by atoms with E-state index in [0.29, 0.717) is 37.5 Å². The topological polar surface area (TPSA) is 86.1 Å². The van der Waals surface area contributed by atoms with Gasteiger partial charge in [0.1, 0.15) is 5.75 Å². The van der Waals surface area contributed by atoms with Crippen molar-refractivity contribution < 1.29 is 19.7 Å². The number of rotatable bonds is 5. The van der Waals surface area contributed by atoms with Crippen LogP contribution in [0.25, 0.3) is 0 Å². The summed E-state index contributed by atoms with van der Waals surface area (Å²) in [7, 11) is 1.57. The maximum absolute atomic E-state index is 13.4. The summed E-state index contributed by atoms with van der Waals surface area (Å²) >= 11 is 0. The molecule has 2 aliphatic heterocycles. The lowest BCUT2D eigenvalue weighted by atomic mass is 9.52. The number of carbonyl (C=O) groups is 1. The van der Waals surface area contributed by atoms with Crippen molar-refractivity contribution in [3.63, 3.8) is 0 Å². The third kappa shape index (κ3) is 3.80. The zero-order chi connectivity index (χ0) is 24.2. The predicted molar refractivity (Wildman–Crippen MR) is 131 cm³/mol. The molecule has 2 bridgehead atoms. The Bertz CT molecular complexity index is 1130. The van der Waals surface area contributed by atoms with Crippen LogP contribution in [0.2, 0.25) is 0 Å². The second kappa shape index (κ2) is 8.49. The first kappa shape index (κ1) is 22.8. The fourth-order valence-corrected chi connectivity index (χ4v) is 7.05. The number of hydrogen-bond acceptors (Lipinski definition) is 6. The number of phenolic OH excluding ortho intramolecular Hbond substituents is 1. The highest BCUT2D eigenvalue weighted by atomic mass is 16.5. The van der Waals surface area contributed by atoms with Crippen molar-refractivity contribution in [2.24, 2.45) is 5.92 Å². The molecule has 0 unspecified atom stereocenters. The molecule has 6 rings (SSSR count). The highest BCUT2D eigenvalue weighted by molar-refractivity contribution is 5.78. The van der Waals surface area contributed by atoms with Gasteiger partial charge in [-0.2, -0.15) is 0 Å². The van der Waals surface area contributed by atoms with Crippen molar-refractivity contribution in [3.05, 3.63) is 53.2 Å². The number of amides is 1. The number of carbonyl (C=O) groups excluding carboxylic acids is 1. The average molecular weight is 478 g/mol. The number of ether oxygens (including phenoxy) is 1. The third-order valence-electron chi connectivity index (χ3n) is 9.11. The summed E-state index contributed by atoms with van der Waals surface area (Å²) in [4.78, 5) is 22.2. The number of methoxy groups -OCH3 is 1. The van der Waals surface area contributed by atoms with Crippen molar-refractivity contribution in [2.75, 3.05) is 33.3 Å². The number of piperidine rings is 1. The Balaban J connectivity index is 1.31. The first-order valence-corrected chi connectivity index (χ1v) is 13.0. The van der Waals surface area contributed by atoms with Crippen LogP contribution in [0.3, 0.4) is 0 Å². The molecule has 3 fully saturated rings. The van der Waals surface area contributed by atoms with Crippen LogP contribution < -0.4 is 4.74 Å². The van der Waals surface area contributed by atoms with E-state index >= 15 is 0 Å². The van der Waals surface area contributed by atoms with Crippen LogP contribution >= 0.6 is 0 Å². The van der Waals surface area contributed by atoms with Gasteiger partial charge in [-0.05, 0) is 80.3 Å². The van der Waals surface area contributed by atoms with Gasteiger partial charge >= 0.3 is 0 Å². The highest BCUT2D eigenvalue weighted by Gasteiger charge is 2.63. The molecule has 4 aliphatic rings. The summed E-state index contributed by atoms with van der Waals surface area (Å²) in [5.41, 5.74) is 1.64. The number of aliphatic hydroxyl groups is 1. The molecular weight excluding hydrogens is 442 g/mol. The van der Waals surface area contributed by atoms with E-state index in [0.717, 1.165) is 37.4 Å². The van der Waals surface area contributed by atoms with E-state index in [1.807, 2.05) is 29.2 Å². The molecule has 3 heterocycles. The van der Waals surface area contributed by atoms with Crippen molar-refractivity contribution in [1.29, 1.82) is 0 Å². The van der Waals surface area contributed by atoms with E-state index < -0.39 is 11.0 Å². The van der Waals surface area contributed by atoms with Crippen LogP contribution in [-0.4, -0.2) is 75.8 Å². The van der Waals surface area contributed by atoms with Crippen molar-refractivity contribution in [2.45, 2.75) is 62.0 Å². The van der Waals surface area contributed by atoms with E-state index in [2.05, 4.69) is 9.88 Å². The predicted octanol–water partition coefficient (Wildman–Crippen LogP) is 2.67. The molecule has 2 aromatic rings. The van der Waals surface area contributed by atoms with Gasteiger partial charge in [-0.15, -0.1) is 0 Å². The maximum Gasteiger partial charge on any atom is 0.228 e. The lowest BCUT2D eigenvalue weighted by molar-refractivity contribution is -0.149. The Hall–Kier alpha value is -2.64. The van der Waals surface area contributed by atoms with Crippen molar-refractivity contribution in [1.82, 2.24) is 14.8 Å². The largest absolute Gasteiger partial charge is 0.508 e. The van der Waals surface area contributed by atoms with Gasteiger partial charge in [-0.1, -0.05) is 12.1 Å². The maximum atomic E-state index is 13.4. The minimum Gasteiger partial charge on any atom is -0.508 e. The highest BCUT2D eigenvalue weighted by Crippen LogP contribution is 2.56. The molecule has 35 heavy (non-hydrogen) atoms. The molecule has 0 radical (unpaired) electrons. The van der Waals surface area contributed by atoms with E-state index in [1.165, 1.54) is 18.4 Å². The minimum absolute atomic E-state index is 0.0323. The van der Waals surface area contributed by atoms with Crippen LogP contribution in [0, 0.1) is 5.92 Å². The first-order valence-electron chi connectivity index (χ1n) is 13.0. The molecule has 1 aromatic heterocycles. The van der Waals surface area contributed by atoms with Gasteiger partial charge < -0.3 is 19.8 Å². The lowest BCUT2D eigenvalue weighted by Gasteiger charge is -2.61. The second-order valence-electron chi connectivity index (χ2n) is 11.0. The number of hydrogen-bond donors (Lipinski definition) is 2. The van der Waals surface area contributed by atoms with E-state index in [9.17, 15) is 15.0 Å². The minimum atomic E-state index is -0.926. The van der Waals surface area contributed by atoms with Gasteiger partial charge in [-0.3, -0.25) is 9.69 Å². The zero-order valence-corrected chi connectivity index (χ0v) is 20.4. The van der Waals surface area contributed by atoms with Gasteiger partial charge in [-0.25, -0.2) is 4.98 Å². The summed E-state index contributed by atoms with van der Waals surface area (Å²) < 4.78 is 5.22. The molecule has 1 saturated carbocycles. The van der Waals surface area contributed by atoms with Crippen molar-refractivity contribution in [3.8, 4) is 11.6 Å². The van der Waals surface area contributed by atoms with E-state index in [1.54, 1.807) is 19.2 Å². The quantitative estimate of drug-likeness (QED) is 0.689. The Kier molecular flexibility index (Phi) is 5.53. The zero-order valence-electron chi connectivity index (χ0n) is 20.4. The van der Waals surface area contributed by atoms with Crippen LogP contribution in [0.15, 0.2) is 36.4 Å². The second-order valence-corrected chi connectivity index (χ2v) is 11.0. The molecule has 3 atom stereocenters. The fraction of sp³-hybridized carbons (Fsp3) is 0.571. The standard InChI is InChI=1S/C28H35N3O4/c1-35-25-4-2-3-21(29-25)16-26(33)30-12-9-27-10-13-31(18-19-5-6-19)24(28(27,34)11-14-30)15-20-7-8-22(32)17-23(20)27/h2-4,7-8,17,19,24,32,34H,5-6,9-16,18H2,1H3/t24-,27+,28-/m1/s1. The summed E-state index contributed by atoms with van der Waals surface area (Å²) in [5, 5.41) is 22.9. The number of benzene rings is 1. The van der Waals surface area contributed by atoms with E-state index in [-0.39, 0.29) is 24.1 Å². The molecule has 2 aliphatic carbocycles. The van der Waals surface area contributed by atoms with Gasteiger partial charge in [0.25, 0.3) is 0 Å². The normalized spacial score (nSPS) is 30.2. The number of fused-ring (bicyclic) bond motifs is 1. The summed E-state index contributed by atoms with van der Waals surface area (Å²) in [5.74, 6) is 1.54. The summed E-state index contributed by atoms with van der Waals surface area (Å²) in [6.07, 6.45) is 5.69. The molecule has 186 valence electrons. The SMILES string of the molecule is COc1cccc(CC(=O)N2CC[C@]34CCN(CC5CC5)[C@H](Cc5ccc(O)cc53)[C@]4(O)CC2)n1. The Morgan fingerprint density at radius 2 is 1.94 bits per heavy atom. The van der Waals surface area contributed by atoms with Crippen LogP contribution in [0.4, 0.5) is 0 Å². The molecule has 1 amide bonds. The number of aromatic nitrogens is 1. The van der Waals surface area contributed by atoms with Gasteiger partial charge in [0, 0.05) is 37.2 Å². The summed E-state index contributed by atoms with van der Waals surface area (Å²) in [6.45, 7) is 3.14. The van der Waals surface area contributed by atoms with E-state index in [4.69, 9.17) is 4.74 Å². The van der Waals surface area contributed by atoms with Crippen molar-refractivity contribution >= 4 is 5.91 Å². The molecule has 2 N–H and O–H groups in total. The Morgan fingerprint density at radius 1 is 1.14 bits per heavy atom. The first-order chi connectivity index (χ1) is 16.9. The smallest absolute Gasteiger partial charge is 0.228 e. The number of nitrogens with zero attached hydrogens (tertiary/aromatic N) is 3. The van der Waals surface area contributed by atoms with Crippen LogP contribution in [0.1, 0.15) is 48.9 Å². The van der Waals surface area contributed by atoms with Crippen LogP contribution in [-0.2, 0) is 23.1 Å². The number of aromatic hydroxyl groups is 1. The molecule has 2 saturated heterocycles. The molecule has 1 aromatic carbocycles.